The summed E-state index contributed by atoms with van der Waals surface area (Å²) >= 11 is 6.09. The monoisotopic (exact) mass is 415 g/mol. The topological polar surface area (TPSA) is 83.0 Å². The maximum absolute atomic E-state index is 12.9. The van der Waals surface area contributed by atoms with Crippen LogP contribution in [0.4, 0.5) is 0 Å². The summed E-state index contributed by atoms with van der Waals surface area (Å²) < 4.78 is 5.31. The van der Waals surface area contributed by atoms with Gasteiger partial charge in [-0.05, 0) is 43.9 Å². The molecule has 1 aliphatic heterocycles. The summed E-state index contributed by atoms with van der Waals surface area (Å²) in [6.45, 7) is 0.880. The molecule has 1 atom stereocenters. The maximum atomic E-state index is 12.9. The van der Waals surface area contributed by atoms with E-state index in [9.17, 15) is 14.7 Å². The van der Waals surface area contributed by atoms with Gasteiger partial charge in [-0.1, -0.05) is 17.7 Å². The Hall–Kier alpha value is -2.90. The van der Waals surface area contributed by atoms with Gasteiger partial charge in [0.1, 0.15) is 11.5 Å². The number of pyridine rings is 1. The van der Waals surface area contributed by atoms with Crippen molar-refractivity contribution in [2.75, 3.05) is 34.3 Å². The second kappa shape index (κ2) is 8.63. The second-order valence-electron chi connectivity index (χ2n) is 6.93. The third-order valence-electron chi connectivity index (χ3n) is 4.74. The molecule has 152 valence electrons. The molecule has 1 aliphatic rings. The molecule has 0 bridgehead atoms. The first kappa shape index (κ1) is 20.8. The summed E-state index contributed by atoms with van der Waals surface area (Å²) in [5, 5.41) is 11.4. The van der Waals surface area contributed by atoms with E-state index in [0.29, 0.717) is 29.4 Å². The molecule has 2 aromatic rings. The number of likely N-dealkylation sites (N-methyl/N-ethyl adjacent to an activating group) is 1. The quantitative estimate of drug-likeness (QED) is 0.443. The van der Waals surface area contributed by atoms with Gasteiger partial charge in [-0.15, -0.1) is 0 Å². The number of carbonyl (C=O) groups is 2. The molecule has 7 nitrogen and oxygen atoms in total. The Labute approximate surface area is 174 Å². The van der Waals surface area contributed by atoms with Gasteiger partial charge in [0.15, 0.2) is 0 Å². The number of nitrogens with zero attached hydrogens (tertiary/aromatic N) is 3. The van der Waals surface area contributed by atoms with E-state index >= 15 is 0 Å². The van der Waals surface area contributed by atoms with Crippen LogP contribution in [0.2, 0.25) is 5.02 Å². The van der Waals surface area contributed by atoms with Gasteiger partial charge in [0.25, 0.3) is 11.7 Å². The minimum absolute atomic E-state index is 0.0117. The number of carbonyl (C=O) groups excluding carboxylic acids is 2. The standard InChI is InChI=1S/C21H22ClN3O4/c1-24(2)9-10-25-18(13-5-4-8-23-12-13)17(20(27)21(25)28)19(26)15-11-14(22)6-7-16(15)29-3/h4-8,11-12,18,26H,9-10H2,1-3H3/b19-17+/t18-/m1/s1. The Balaban J connectivity index is 2.19. The highest BCUT2D eigenvalue weighted by Crippen LogP contribution is 2.41. The molecule has 0 spiro atoms. The van der Waals surface area contributed by atoms with Crippen molar-refractivity contribution in [1.82, 2.24) is 14.8 Å². The van der Waals surface area contributed by atoms with Crippen molar-refractivity contribution in [2.45, 2.75) is 6.04 Å². The molecule has 1 fully saturated rings. The molecule has 29 heavy (non-hydrogen) atoms. The van der Waals surface area contributed by atoms with Crippen LogP contribution in [0, 0.1) is 0 Å². The fourth-order valence-corrected chi connectivity index (χ4v) is 3.49. The molecule has 1 amide bonds. The van der Waals surface area contributed by atoms with Gasteiger partial charge in [-0.25, -0.2) is 0 Å². The molecule has 1 N–H and O–H groups in total. The predicted octanol–water partition coefficient (Wildman–Crippen LogP) is 2.73. The summed E-state index contributed by atoms with van der Waals surface area (Å²) in [5.41, 5.74) is 0.870. The predicted molar refractivity (Wildman–Crippen MR) is 110 cm³/mol. The fourth-order valence-electron chi connectivity index (χ4n) is 3.31. The molecular formula is C21H22ClN3O4. The van der Waals surface area contributed by atoms with E-state index in [1.165, 1.54) is 18.1 Å². The van der Waals surface area contributed by atoms with Gasteiger partial charge in [0, 0.05) is 30.5 Å². The summed E-state index contributed by atoms with van der Waals surface area (Å²) in [6.07, 6.45) is 3.19. The smallest absolute Gasteiger partial charge is 0.295 e. The average molecular weight is 416 g/mol. The number of aromatic nitrogens is 1. The third kappa shape index (κ3) is 4.11. The number of ketones is 1. The molecule has 0 unspecified atom stereocenters. The lowest BCUT2D eigenvalue weighted by molar-refractivity contribution is -0.140. The van der Waals surface area contributed by atoms with E-state index in [1.54, 1.807) is 36.7 Å². The van der Waals surface area contributed by atoms with Gasteiger partial charge in [0.05, 0.1) is 24.3 Å². The number of aliphatic hydroxyl groups excluding tert-OH is 1. The molecule has 0 radical (unpaired) electrons. The second-order valence-corrected chi connectivity index (χ2v) is 7.36. The number of ether oxygens (including phenoxy) is 1. The molecule has 0 saturated carbocycles. The van der Waals surface area contributed by atoms with Crippen molar-refractivity contribution < 1.29 is 19.4 Å². The number of likely N-dealkylation sites (tertiary alicyclic amines) is 1. The number of Topliss-reactive ketones (excluding diaryl/α,β-unsaturated/α-hetero) is 1. The highest BCUT2D eigenvalue weighted by Gasteiger charge is 2.46. The number of hydrogen-bond acceptors (Lipinski definition) is 6. The lowest BCUT2D eigenvalue weighted by Crippen LogP contribution is -2.35. The molecule has 0 aliphatic carbocycles. The first-order valence-corrected chi connectivity index (χ1v) is 9.40. The number of benzene rings is 1. The molecule has 8 heteroatoms. The Morgan fingerprint density at radius 3 is 2.69 bits per heavy atom. The minimum atomic E-state index is -0.757. The van der Waals surface area contributed by atoms with E-state index in [1.807, 2.05) is 19.0 Å². The van der Waals surface area contributed by atoms with Crippen molar-refractivity contribution in [3.8, 4) is 5.75 Å². The van der Waals surface area contributed by atoms with Gasteiger partial charge >= 0.3 is 0 Å². The number of halogens is 1. The number of rotatable bonds is 6. The van der Waals surface area contributed by atoms with Crippen molar-refractivity contribution in [3.63, 3.8) is 0 Å². The van der Waals surface area contributed by atoms with E-state index in [4.69, 9.17) is 16.3 Å². The minimum Gasteiger partial charge on any atom is -0.507 e. The summed E-state index contributed by atoms with van der Waals surface area (Å²) in [6, 6.07) is 7.45. The Morgan fingerprint density at radius 2 is 2.07 bits per heavy atom. The SMILES string of the molecule is COc1ccc(Cl)cc1/C(O)=C1\C(=O)C(=O)N(CCN(C)C)[C@@H]1c1cccnc1. The zero-order valence-electron chi connectivity index (χ0n) is 16.4. The molecule has 2 heterocycles. The van der Waals surface area contributed by atoms with Crippen molar-refractivity contribution in [2.24, 2.45) is 0 Å². The van der Waals surface area contributed by atoms with E-state index in [2.05, 4.69) is 4.98 Å². The molecule has 1 aromatic heterocycles. The summed E-state index contributed by atoms with van der Waals surface area (Å²) in [7, 11) is 5.22. The first-order valence-electron chi connectivity index (χ1n) is 9.02. The van der Waals surface area contributed by atoms with Gasteiger partial charge < -0.3 is 19.6 Å². The zero-order chi connectivity index (χ0) is 21.1. The number of hydrogen-bond donors (Lipinski definition) is 1. The Morgan fingerprint density at radius 1 is 1.31 bits per heavy atom. The van der Waals surface area contributed by atoms with Gasteiger partial charge in [0.2, 0.25) is 0 Å². The summed E-state index contributed by atoms with van der Waals surface area (Å²) in [4.78, 5) is 33.2. The highest BCUT2D eigenvalue weighted by molar-refractivity contribution is 6.46. The Bertz CT molecular complexity index is 960. The van der Waals surface area contributed by atoms with Crippen LogP contribution < -0.4 is 4.74 Å². The number of aliphatic hydroxyl groups is 1. The van der Waals surface area contributed by atoms with Crippen LogP contribution in [0.1, 0.15) is 17.2 Å². The van der Waals surface area contributed by atoms with Gasteiger partial charge in [-0.3, -0.25) is 14.6 Å². The normalized spacial score (nSPS) is 18.5. The lowest BCUT2D eigenvalue weighted by Gasteiger charge is -2.26. The van der Waals surface area contributed by atoms with Crippen LogP contribution >= 0.6 is 11.6 Å². The summed E-state index contributed by atoms with van der Waals surface area (Å²) in [5.74, 6) is -1.40. The Kier molecular flexibility index (Phi) is 6.20. The van der Waals surface area contributed by atoms with E-state index < -0.39 is 17.7 Å². The van der Waals surface area contributed by atoms with Gasteiger partial charge in [-0.2, -0.15) is 0 Å². The first-order chi connectivity index (χ1) is 13.8. The highest BCUT2D eigenvalue weighted by atomic mass is 35.5. The van der Waals surface area contributed by atoms with Crippen molar-refractivity contribution >= 4 is 29.1 Å². The molecular weight excluding hydrogens is 394 g/mol. The zero-order valence-corrected chi connectivity index (χ0v) is 17.2. The maximum Gasteiger partial charge on any atom is 0.295 e. The average Bonchev–Trinajstić information content (AvgIpc) is 2.97. The van der Waals surface area contributed by atoms with Crippen LogP contribution in [0.25, 0.3) is 5.76 Å². The van der Waals surface area contributed by atoms with Crippen LogP contribution in [0.5, 0.6) is 5.75 Å². The fraction of sp³-hybridized carbons (Fsp3) is 0.286. The molecule has 3 rings (SSSR count). The van der Waals surface area contributed by atoms with E-state index in [0.717, 1.165) is 0 Å². The lowest BCUT2D eigenvalue weighted by atomic mass is 9.96. The third-order valence-corrected chi connectivity index (χ3v) is 4.98. The van der Waals surface area contributed by atoms with Crippen molar-refractivity contribution in [3.05, 3.63) is 64.4 Å². The van der Waals surface area contributed by atoms with Crippen LogP contribution in [-0.4, -0.2) is 65.9 Å². The molecule has 1 saturated heterocycles. The largest absolute Gasteiger partial charge is 0.507 e. The van der Waals surface area contributed by atoms with E-state index in [-0.39, 0.29) is 16.9 Å². The van der Waals surface area contributed by atoms with Crippen LogP contribution in [-0.2, 0) is 9.59 Å². The van der Waals surface area contributed by atoms with Crippen LogP contribution in [0.3, 0.4) is 0 Å². The van der Waals surface area contributed by atoms with Crippen LogP contribution in [0.15, 0.2) is 48.3 Å². The number of amides is 1. The number of methoxy groups -OCH3 is 1. The molecule has 1 aromatic carbocycles. The van der Waals surface area contributed by atoms with Crippen molar-refractivity contribution in [1.29, 1.82) is 0 Å².